The average Bonchev–Trinajstić information content (AvgIpc) is 3.30. The van der Waals surface area contributed by atoms with E-state index in [0.29, 0.717) is 12.1 Å². The fourth-order valence-electron chi connectivity index (χ4n) is 3.33. The Morgan fingerprint density at radius 3 is 2.22 bits per heavy atom. The van der Waals surface area contributed by atoms with E-state index in [4.69, 9.17) is 4.74 Å². The first-order valence-corrected chi connectivity index (χ1v) is 12.5. The second-order valence-corrected chi connectivity index (χ2v) is 10.9. The molecule has 6 nitrogen and oxygen atoms in total. The van der Waals surface area contributed by atoms with Gasteiger partial charge in [0.1, 0.15) is 5.75 Å². The number of amides is 1. The first-order valence-electron chi connectivity index (χ1n) is 10.2. The van der Waals surface area contributed by atoms with Gasteiger partial charge in [-0.15, -0.1) is 11.3 Å². The molecular weight excluding hydrogens is 444 g/mol. The molecule has 32 heavy (non-hydrogen) atoms. The molecule has 0 bridgehead atoms. The summed E-state index contributed by atoms with van der Waals surface area (Å²) in [5, 5.41) is 2.03. The van der Waals surface area contributed by atoms with Gasteiger partial charge in [0.25, 0.3) is 5.91 Å². The summed E-state index contributed by atoms with van der Waals surface area (Å²) in [5.74, 6) is 0.620. The Kier molecular flexibility index (Phi) is 7.71. The zero-order chi connectivity index (χ0) is 23.3. The lowest BCUT2D eigenvalue weighted by atomic mass is 10.1. The topological polar surface area (TPSA) is 66.9 Å². The molecule has 1 heterocycles. The van der Waals surface area contributed by atoms with E-state index in [1.807, 2.05) is 47.5 Å². The van der Waals surface area contributed by atoms with E-state index in [9.17, 15) is 13.2 Å². The second kappa shape index (κ2) is 10.3. The summed E-state index contributed by atoms with van der Waals surface area (Å²) in [7, 11) is 1.04. The number of ether oxygens (including phenoxy) is 1. The van der Waals surface area contributed by atoms with Gasteiger partial charge in [-0.05, 0) is 60.3 Å². The molecule has 0 aliphatic carbocycles. The van der Waals surface area contributed by atoms with Gasteiger partial charge in [0, 0.05) is 43.5 Å². The first-order chi connectivity index (χ1) is 15.2. The van der Waals surface area contributed by atoms with E-state index in [1.54, 1.807) is 30.6 Å². The molecule has 0 fully saturated rings. The number of methoxy groups -OCH3 is 1. The van der Waals surface area contributed by atoms with Crippen LogP contribution >= 0.6 is 11.3 Å². The normalized spacial score (nSPS) is 12.5. The molecule has 0 N–H and O–H groups in total. The first kappa shape index (κ1) is 24.0. The van der Waals surface area contributed by atoms with Crippen LogP contribution in [0.1, 0.15) is 27.7 Å². The zero-order valence-corrected chi connectivity index (χ0v) is 20.3. The van der Waals surface area contributed by atoms with Crippen LogP contribution in [-0.2, 0) is 23.0 Å². The van der Waals surface area contributed by atoms with E-state index in [-0.39, 0.29) is 16.8 Å². The molecule has 0 saturated heterocycles. The van der Waals surface area contributed by atoms with Crippen LogP contribution in [0.2, 0.25) is 0 Å². The molecule has 1 amide bonds. The fraction of sp³-hybridized carbons (Fsp3) is 0.292. The predicted molar refractivity (Wildman–Crippen MR) is 128 cm³/mol. The van der Waals surface area contributed by atoms with Crippen molar-refractivity contribution < 1.29 is 17.9 Å². The van der Waals surface area contributed by atoms with Crippen LogP contribution in [0, 0.1) is 0 Å². The van der Waals surface area contributed by atoms with Crippen molar-refractivity contribution >= 4 is 27.3 Å². The highest BCUT2D eigenvalue weighted by molar-refractivity contribution is 7.89. The molecule has 0 saturated carbocycles. The molecule has 170 valence electrons. The number of carbonyl (C=O) groups is 1. The Bertz CT molecular complexity index is 1120. The second-order valence-electron chi connectivity index (χ2n) is 7.73. The van der Waals surface area contributed by atoms with Gasteiger partial charge in [0.15, 0.2) is 0 Å². The van der Waals surface area contributed by atoms with Gasteiger partial charge in [-0.2, -0.15) is 0 Å². The number of rotatable bonds is 9. The Morgan fingerprint density at radius 1 is 1.03 bits per heavy atom. The van der Waals surface area contributed by atoms with Crippen molar-refractivity contribution in [2.45, 2.75) is 30.8 Å². The van der Waals surface area contributed by atoms with Crippen LogP contribution in [0.15, 0.2) is 70.9 Å². The van der Waals surface area contributed by atoms with Crippen molar-refractivity contribution in [2.75, 3.05) is 21.2 Å². The molecule has 3 aromatic rings. The lowest BCUT2D eigenvalue weighted by Crippen LogP contribution is -2.39. The Balaban J connectivity index is 1.87. The molecule has 1 atom stereocenters. The minimum atomic E-state index is -3.55. The largest absolute Gasteiger partial charge is 0.497 e. The maximum absolute atomic E-state index is 13.5. The summed E-state index contributed by atoms with van der Waals surface area (Å²) < 4.78 is 31.1. The lowest BCUT2D eigenvalue weighted by molar-refractivity contribution is 0.0676. The maximum atomic E-state index is 13.5. The van der Waals surface area contributed by atoms with Gasteiger partial charge in [-0.3, -0.25) is 4.79 Å². The van der Waals surface area contributed by atoms with Crippen molar-refractivity contribution in [3.05, 3.63) is 82.0 Å². The third-order valence-corrected chi connectivity index (χ3v) is 7.99. The third kappa shape index (κ3) is 5.56. The van der Waals surface area contributed by atoms with Gasteiger partial charge in [0.05, 0.1) is 12.0 Å². The molecule has 1 aromatic heterocycles. The van der Waals surface area contributed by atoms with Crippen LogP contribution in [0.5, 0.6) is 5.75 Å². The van der Waals surface area contributed by atoms with Crippen LogP contribution in [0.4, 0.5) is 0 Å². The number of thiophene rings is 1. The molecule has 0 aliphatic heterocycles. The Morgan fingerprint density at radius 2 is 1.69 bits per heavy atom. The summed E-state index contributed by atoms with van der Waals surface area (Å²) in [5.41, 5.74) is 1.44. The summed E-state index contributed by atoms with van der Waals surface area (Å²) in [4.78, 5) is 16.7. The van der Waals surface area contributed by atoms with Crippen LogP contribution in [-0.4, -0.2) is 50.8 Å². The van der Waals surface area contributed by atoms with E-state index < -0.39 is 10.0 Å². The molecule has 0 radical (unpaired) electrons. The molecule has 0 spiro atoms. The quantitative estimate of drug-likeness (QED) is 0.466. The van der Waals surface area contributed by atoms with E-state index >= 15 is 0 Å². The van der Waals surface area contributed by atoms with Crippen LogP contribution in [0.3, 0.4) is 0 Å². The summed E-state index contributed by atoms with van der Waals surface area (Å²) in [6, 6.07) is 17.8. The SMILES string of the molecule is COc1ccc(CN(C(=O)c2ccc(S(=O)(=O)N(C)C)cc2)C(C)Cc2cccs2)cc1. The molecule has 8 heteroatoms. The Hall–Kier alpha value is -2.68. The van der Waals surface area contributed by atoms with Gasteiger partial charge < -0.3 is 9.64 Å². The molecule has 1 unspecified atom stereocenters. The van der Waals surface area contributed by atoms with Crippen molar-refractivity contribution in [1.29, 1.82) is 0 Å². The highest BCUT2D eigenvalue weighted by Gasteiger charge is 2.24. The van der Waals surface area contributed by atoms with Gasteiger partial charge >= 0.3 is 0 Å². The summed E-state index contributed by atoms with van der Waals surface area (Å²) >= 11 is 1.67. The maximum Gasteiger partial charge on any atom is 0.254 e. The molecule has 3 rings (SSSR count). The standard InChI is InChI=1S/C24H28N2O4S2/c1-18(16-22-6-5-15-31-22)26(17-19-7-11-21(30-4)12-8-19)24(27)20-9-13-23(14-10-20)32(28,29)25(2)3/h5-15,18H,16-17H2,1-4H3. The minimum Gasteiger partial charge on any atom is -0.497 e. The number of hydrogen-bond acceptors (Lipinski definition) is 5. The summed E-state index contributed by atoms with van der Waals surface area (Å²) in [6.07, 6.45) is 0.743. The van der Waals surface area contributed by atoms with Crippen molar-refractivity contribution in [2.24, 2.45) is 0 Å². The molecule has 0 aliphatic rings. The lowest BCUT2D eigenvalue weighted by Gasteiger charge is -2.29. The number of sulfonamides is 1. The highest BCUT2D eigenvalue weighted by Crippen LogP contribution is 2.21. The number of carbonyl (C=O) groups excluding carboxylic acids is 1. The smallest absolute Gasteiger partial charge is 0.254 e. The Labute approximate surface area is 194 Å². The van der Waals surface area contributed by atoms with Crippen molar-refractivity contribution in [3.63, 3.8) is 0 Å². The predicted octanol–water partition coefficient (Wildman–Crippen LogP) is 4.28. The summed E-state index contributed by atoms with van der Waals surface area (Å²) in [6.45, 7) is 2.47. The number of hydrogen-bond donors (Lipinski definition) is 0. The fourth-order valence-corrected chi connectivity index (χ4v) is 5.06. The van der Waals surface area contributed by atoms with Crippen LogP contribution in [0.25, 0.3) is 0 Å². The monoisotopic (exact) mass is 472 g/mol. The molecular formula is C24H28N2O4S2. The molecule has 2 aromatic carbocycles. The number of nitrogens with zero attached hydrogens (tertiary/aromatic N) is 2. The van der Waals surface area contributed by atoms with Crippen molar-refractivity contribution in [3.8, 4) is 5.75 Å². The van der Waals surface area contributed by atoms with Gasteiger partial charge in [0.2, 0.25) is 10.0 Å². The van der Waals surface area contributed by atoms with E-state index in [0.717, 1.165) is 22.0 Å². The highest BCUT2D eigenvalue weighted by atomic mass is 32.2. The zero-order valence-electron chi connectivity index (χ0n) is 18.7. The van der Waals surface area contributed by atoms with Crippen LogP contribution < -0.4 is 4.74 Å². The van der Waals surface area contributed by atoms with E-state index in [2.05, 4.69) is 6.07 Å². The van der Waals surface area contributed by atoms with Crippen molar-refractivity contribution in [1.82, 2.24) is 9.21 Å². The minimum absolute atomic E-state index is 0.0477. The van der Waals surface area contributed by atoms with Gasteiger partial charge in [-0.1, -0.05) is 18.2 Å². The third-order valence-electron chi connectivity index (χ3n) is 5.26. The van der Waals surface area contributed by atoms with Gasteiger partial charge in [-0.25, -0.2) is 12.7 Å². The van der Waals surface area contributed by atoms with E-state index in [1.165, 1.54) is 31.1 Å². The average molecular weight is 473 g/mol. The number of benzene rings is 2.